The van der Waals surface area contributed by atoms with Gasteiger partial charge in [0.15, 0.2) is 6.79 Å². The van der Waals surface area contributed by atoms with Crippen molar-refractivity contribution in [2.45, 2.75) is 26.4 Å². The maximum absolute atomic E-state index is 10.2. The summed E-state index contributed by atoms with van der Waals surface area (Å²) in [6.07, 6.45) is 4.00. The molecule has 0 bridgehead atoms. The van der Waals surface area contributed by atoms with E-state index in [1.165, 1.54) is 0 Å². The van der Waals surface area contributed by atoms with Gasteiger partial charge in [-0.3, -0.25) is 0 Å². The molecule has 0 saturated heterocycles. The van der Waals surface area contributed by atoms with Gasteiger partial charge in [-0.25, -0.2) is 0 Å². The van der Waals surface area contributed by atoms with Crippen LogP contribution < -0.4 is 4.74 Å². The second-order valence-electron chi connectivity index (χ2n) is 5.94. The predicted octanol–water partition coefficient (Wildman–Crippen LogP) is 4.56. The third-order valence-electron chi connectivity index (χ3n) is 3.90. The number of allylic oxidation sites excluding steroid dienone is 1. The van der Waals surface area contributed by atoms with Crippen molar-refractivity contribution in [3.8, 4) is 11.5 Å². The molecule has 25 heavy (non-hydrogen) atoms. The molecule has 0 amide bonds. The zero-order valence-electron chi connectivity index (χ0n) is 15.1. The summed E-state index contributed by atoms with van der Waals surface area (Å²) in [5, 5.41) is 10.2. The van der Waals surface area contributed by atoms with Crippen molar-refractivity contribution in [1.82, 2.24) is 0 Å². The number of benzene rings is 2. The molecule has 4 heteroatoms. The molecular weight excluding hydrogens is 316 g/mol. The molecule has 2 rings (SSSR count). The largest absolute Gasteiger partial charge is 0.508 e. The molecule has 0 aliphatic rings. The van der Waals surface area contributed by atoms with Gasteiger partial charge in [0, 0.05) is 18.6 Å². The Morgan fingerprint density at radius 3 is 2.64 bits per heavy atom. The average Bonchev–Trinajstić information content (AvgIpc) is 2.61. The van der Waals surface area contributed by atoms with E-state index < -0.39 is 0 Å². The second-order valence-corrected chi connectivity index (χ2v) is 5.94. The summed E-state index contributed by atoms with van der Waals surface area (Å²) in [7, 11) is 1.58. The molecule has 0 fully saturated rings. The molecule has 2 aromatic rings. The summed E-state index contributed by atoms with van der Waals surface area (Å²) in [5.74, 6) is 1.03. The molecule has 1 unspecified atom stereocenters. The quantitative estimate of drug-likeness (QED) is 0.412. The number of aryl methyl sites for hydroxylation is 1. The van der Waals surface area contributed by atoms with Gasteiger partial charge >= 0.3 is 0 Å². The normalized spacial score (nSPS) is 12.4. The van der Waals surface area contributed by atoms with Gasteiger partial charge in [-0.05, 0) is 30.2 Å². The monoisotopic (exact) mass is 342 g/mol. The summed E-state index contributed by atoms with van der Waals surface area (Å²) >= 11 is 0. The molecule has 2 aromatic carbocycles. The minimum absolute atomic E-state index is 0.0471. The lowest BCUT2D eigenvalue weighted by molar-refractivity contribution is 0.0505. The van der Waals surface area contributed by atoms with Gasteiger partial charge in [0.1, 0.15) is 11.5 Å². The van der Waals surface area contributed by atoms with Crippen LogP contribution in [-0.2, 0) is 16.1 Å². The first-order valence-electron chi connectivity index (χ1n) is 8.35. The van der Waals surface area contributed by atoms with Crippen LogP contribution in [0.3, 0.4) is 0 Å². The Morgan fingerprint density at radius 2 is 1.92 bits per heavy atom. The molecule has 0 aromatic heterocycles. The van der Waals surface area contributed by atoms with E-state index in [2.05, 4.69) is 0 Å². The molecule has 134 valence electrons. The van der Waals surface area contributed by atoms with Gasteiger partial charge in [-0.15, -0.1) is 0 Å². The summed E-state index contributed by atoms with van der Waals surface area (Å²) < 4.78 is 16.1. The first-order valence-corrected chi connectivity index (χ1v) is 8.35. The maximum Gasteiger partial charge on any atom is 0.188 e. The number of hydrogen-bond acceptors (Lipinski definition) is 4. The Balaban J connectivity index is 1.91. The molecule has 4 nitrogen and oxygen atoms in total. The molecule has 0 heterocycles. The molecule has 1 atom stereocenters. The minimum atomic E-state index is 0.0471. The van der Waals surface area contributed by atoms with Gasteiger partial charge in [0.25, 0.3) is 0 Å². The highest BCUT2D eigenvalue weighted by Gasteiger charge is 2.12. The van der Waals surface area contributed by atoms with Crippen LogP contribution in [0.25, 0.3) is 0 Å². The van der Waals surface area contributed by atoms with Crippen LogP contribution in [0.2, 0.25) is 0 Å². The Hall–Kier alpha value is -2.30. The van der Waals surface area contributed by atoms with Crippen LogP contribution in [0, 0.1) is 6.92 Å². The Kier molecular flexibility index (Phi) is 7.51. The summed E-state index contributed by atoms with van der Waals surface area (Å²) in [6, 6.07) is 13.7. The van der Waals surface area contributed by atoms with Crippen molar-refractivity contribution >= 4 is 0 Å². The number of phenols is 1. The molecule has 0 saturated carbocycles. The first-order chi connectivity index (χ1) is 12.1. The van der Waals surface area contributed by atoms with Crippen LogP contribution >= 0.6 is 0 Å². The maximum atomic E-state index is 10.2. The van der Waals surface area contributed by atoms with Gasteiger partial charge < -0.3 is 19.3 Å². The number of phenolic OH excluding ortho intramolecular Hbond substituents is 1. The van der Waals surface area contributed by atoms with E-state index in [1.54, 1.807) is 13.2 Å². The van der Waals surface area contributed by atoms with E-state index >= 15 is 0 Å². The van der Waals surface area contributed by atoms with Crippen molar-refractivity contribution in [3.63, 3.8) is 0 Å². The summed E-state index contributed by atoms with van der Waals surface area (Å²) in [5.41, 5.74) is 2.84. The van der Waals surface area contributed by atoms with Crippen molar-refractivity contribution in [1.29, 1.82) is 0 Å². The highest BCUT2D eigenvalue weighted by atomic mass is 16.7. The predicted molar refractivity (Wildman–Crippen MR) is 99.0 cm³/mol. The zero-order chi connectivity index (χ0) is 18.1. The Bertz CT molecular complexity index is 680. The minimum Gasteiger partial charge on any atom is -0.508 e. The van der Waals surface area contributed by atoms with Crippen molar-refractivity contribution in [2.24, 2.45) is 0 Å². The first kappa shape index (κ1) is 19.0. The van der Waals surface area contributed by atoms with Gasteiger partial charge in [0.2, 0.25) is 0 Å². The fourth-order valence-corrected chi connectivity index (χ4v) is 2.51. The van der Waals surface area contributed by atoms with E-state index in [4.69, 9.17) is 14.2 Å². The van der Waals surface area contributed by atoms with Gasteiger partial charge in [-0.2, -0.15) is 0 Å². The van der Waals surface area contributed by atoms with Crippen molar-refractivity contribution in [3.05, 3.63) is 71.3 Å². The highest BCUT2D eigenvalue weighted by Crippen LogP contribution is 2.33. The van der Waals surface area contributed by atoms with Crippen LogP contribution in [0.1, 0.15) is 29.5 Å². The zero-order valence-corrected chi connectivity index (χ0v) is 15.1. The number of aromatic hydroxyl groups is 1. The van der Waals surface area contributed by atoms with Crippen molar-refractivity contribution in [2.75, 3.05) is 20.5 Å². The van der Waals surface area contributed by atoms with E-state index in [0.29, 0.717) is 13.2 Å². The lowest BCUT2D eigenvalue weighted by Crippen LogP contribution is -2.02. The lowest BCUT2D eigenvalue weighted by Gasteiger charge is -2.15. The number of rotatable bonds is 9. The van der Waals surface area contributed by atoms with E-state index in [1.807, 2.05) is 62.4 Å². The third-order valence-corrected chi connectivity index (χ3v) is 3.90. The number of ether oxygens (including phenoxy) is 3. The van der Waals surface area contributed by atoms with Crippen LogP contribution in [0.5, 0.6) is 11.5 Å². The fraction of sp³-hybridized carbons (Fsp3) is 0.333. The second kappa shape index (κ2) is 9.87. The molecular formula is C21H26O4. The molecule has 1 N–H and O–H groups in total. The standard InChI is InChI=1S/C21H26O4/c1-16(8-7-11-24-14-18-9-5-4-6-10-18)19-13-21(25-15-23-3)17(2)12-20(19)22/h4-10,12-13,16,22H,11,14-15H2,1-3H3/b8-7+. The average molecular weight is 342 g/mol. The van der Waals surface area contributed by atoms with E-state index in [-0.39, 0.29) is 18.5 Å². The molecule has 0 aliphatic carbocycles. The van der Waals surface area contributed by atoms with Crippen LogP contribution in [-0.4, -0.2) is 25.6 Å². The smallest absolute Gasteiger partial charge is 0.188 e. The SMILES string of the molecule is COCOc1cc(C(C)/C=C/COCc2ccccc2)c(O)cc1C. The van der Waals surface area contributed by atoms with Gasteiger partial charge in [0.05, 0.1) is 13.2 Å². The van der Waals surface area contributed by atoms with E-state index in [0.717, 1.165) is 22.4 Å². The summed E-state index contributed by atoms with van der Waals surface area (Å²) in [6.45, 7) is 5.22. The number of hydrogen-bond donors (Lipinski definition) is 1. The highest BCUT2D eigenvalue weighted by molar-refractivity contribution is 5.47. The van der Waals surface area contributed by atoms with Crippen LogP contribution in [0.15, 0.2) is 54.6 Å². The Morgan fingerprint density at radius 1 is 1.16 bits per heavy atom. The van der Waals surface area contributed by atoms with Crippen molar-refractivity contribution < 1.29 is 19.3 Å². The topological polar surface area (TPSA) is 47.9 Å². The number of methoxy groups -OCH3 is 1. The molecule has 0 radical (unpaired) electrons. The lowest BCUT2D eigenvalue weighted by atomic mass is 9.97. The fourth-order valence-electron chi connectivity index (χ4n) is 2.51. The molecule has 0 spiro atoms. The van der Waals surface area contributed by atoms with Gasteiger partial charge in [-0.1, -0.05) is 49.4 Å². The molecule has 0 aliphatic heterocycles. The van der Waals surface area contributed by atoms with E-state index in [9.17, 15) is 5.11 Å². The summed E-state index contributed by atoms with van der Waals surface area (Å²) in [4.78, 5) is 0. The van der Waals surface area contributed by atoms with Crippen LogP contribution in [0.4, 0.5) is 0 Å². The third kappa shape index (κ3) is 5.93. The Labute approximate surface area is 149 Å².